The first-order valence-electron chi connectivity index (χ1n) is 9.88. The van der Waals surface area contributed by atoms with Gasteiger partial charge in [-0.05, 0) is 5.57 Å². The Hall–Kier alpha value is -3.17. The van der Waals surface area contributed by atoms with Gasteiger partial charge in [0, 0.05) is 6.42 Å². The van der Waals surface area contributed by atoms with Crippen molar-refractivity contribution >= 4 is 29.1 Å². The fourth-order valence-corrected chi connectivity index (χ4v) is 3.45. The van der Waals surface area contributed by atoms with Crippen LogP contribution in [-0.4, -0.2) is 44.2 Å². The topological polar surface area (TPSA) is 142 Å². The molecule has 30 heavy (non-hydrogen) atoms. The van der Waals surface area contributed by atoms with Gasteiger partial charge in [0.15, 0.2) is 11.2 Å². The van der Waals surface area contributed by atoms with Crippen LogP contribution in [0.15, 0.2) is 23.3 Å². The number of ether oxygens (including phenoxy) is 2. The van der Waals surface area contributed by atoms with Gasteiger partial charge in [-0.2, -0.15) is 4.98 Å². The highest BCUT2D eigenvalue weighted by Crippen LogP contribution is 2.42. The molecule has 3 N–H and O–H groups in total. The molecule has 0 radical (unpaired) electrons. The molecule has 10 nitrogen and oxygen atoms in total. The number of fused-ring (bicyclic) bond motifs is 1. The van der Waals surface area contributed by atoms with E-state index in [1.165, 1.54) is 6.33 Å². The number of nitrogens with zero attached hydrogens (tertiary/aromatic N) is 3. The summed E-state index contributed by atoms with van der Waals surface area (Å²) in [7, 11) is 0. The summed E-state index contributed by atoms with van der Waals surface area (Å²) >= 11 is 0. The van der Waals surface area contributed by atoms with Gasteiger partial charge < -0.3 is 19.8 Å². The van der Waals surface area contributed by atoms with E-state index in [0.717, 1.165) is 0 Å². The molecule has 0 amide bonds. The minimum atomic E-state index is -0.533. The molecule has 1 fully saturated rings. The predicted octanol–water partition coefficient (Wildman–Crippen LogP) is 1.59. The third kappa shape index (κ3) is 4.07. The number of aromatic nitrogens is 4. The summed E-state index contributed by atoms with van der Waals surface area (Å²) in [5, 5.41) is 0. The number of nitrogen functional groups attached to an aromatic ring is 1. The zero-order valence-electron chi connectivity index (χ0n) is 17.5. The van der Waals surface area contributed by atoms with Gasteiger partial charge in [0.25, 0.3) is 5.56 Å². The monoisotopic (exact) mass is 417 g/mol. The maximum atomic E-state index is 12.2. The average Bonchev–Trinajstić information content (AvgIpc) is 3.20. The van der Waals surface area contributed by atoms with E-state index >= 15 is 0 Å². The van der Waals surface area contributed by atoms with E-state index in [2.05, 4.69) is 21.5 Å². The lowest BCUT2D eigenvalue weighted by molar-refractivity contribution is -0.157. The molecule has 3 atom stereocenters. The van der Waals surface area contributed by atoms with Crippen LogP contribution in [0.25, 0.3) is 11.2 Å². The van der Waals surface area contributed by atoms with E-state index in [9.17, 15) is 14.4 Å². The van der Waals surface area contributed by atoms with E-state index in [1.807, 2.05) is 0 Å². The Bertz CT molecular complexity index is 1040. The second kappa shape index (κ2) is 8.29. The number of H-pyrrole nitrogens is 1. The van der Waals surface area contributed by atoms with Crippen LogP contribution < -0.4 is 11.3 Å². The number of carbonyl (C=O) groups excluding carboxylic acids is 2. The molecule has 2 aromatic rings. The molecular formula is C20H27N5O5. The number of rotatable bonds is 6. The van der Waals surface area contributed by atoms with Gasteiger partial charge in [-0.1, -0.05) is 34.3 Å². The molecule has 1 saturated carbocycles. The van der Waals surface area contributed by atoms with Crippen molar-refractivity contribution in [3.05, 3.63) is 28.8 Å². The molecule has 1 aliphatic carbocycles. The maximum Gasteiger partial charge on any atom is 0.308 e. The highest BCUT2D eigenvalue weighted by atomic mass is 16.6. The van der Waals surface area contributed by atoms with Gasteiger partial charge in [-0.15, -0.1) is 0 Å². The number of anilines is 1. The van der Waals surface area contributed by atoms with Crippen molar-refractivity contribution < 1.29 is 19.1 Å². The molecule has 0 aromatic carbocycles. The van der Waals surface area contributed by atoms with Crippen molar-refractivity contribution in [2.45, 2.75) is 46.3 Å². The number of aromatic amines is 1. The van der Waals surface area contributed by atoms with Crippen LogP contribution in [0, 0.1) is 17.8 Å². The van der Waals surface area contributed by atoms with Crippen molar-refractivity contribution in [2.75, 3.05) is 12.3 Å². The summed E-state index contributed by atoms with van der Waals surface area (Å²) in [6.45, 7) is 11.2. The Balaban J connectivity index is 1.93. The van der Waals surface area contributed by atoms with E-state index in [4.69, 9.17) is 15.2 Å². The Morgan fingerprint density at radius 3 is 2.60 bits per heavy atom. The summed E-state index contributed by atoms with van der Waals surface area (Å²) in [5.74, 6) is -1.67. The van der Waals surface area contributed by atoms with Crippen molar-refractivity contribution in [3.8, 4) is 0 Å². The lowest BCUT2D eigenvalue weighted by Gasteiger charge is -2.21. The summed E-state index contributed by atoms with van der Waals surface area (Å²) in [6, 6.07) is -0.351. The second-order valence-electron chi connectivity index (χ2n) is 8.12. The van der Waals surface area contributed by atoms with Crippen molar-refractivity contribution in [1.82, 2.24) is 19.5 Å². The second-order valence-corrected chi connectivity index (χ2v) is 8.12. The zero-order valence-corrected chi connectivity index (χ0v) is 17.5. The summed E-state index contributed by atoms with van der Waals surface area (Å²) in [6.07, 6.45) is 1.35. The van der Waals surface area contributed by atoms with Gasteiger partial charge in [0.1, 0.15) is 12.7 Å². The van der Waals surface area contributed by atoms with Crippen LogP contribution in [0.4, 0.5) is 5.95 Å². The third-order valence-electron chi connectivity index (χ3n) is 5.21. The Labute approximate surface area is 173 Å². The van der Waals surface area contributed by atoms with Gasteiger partial charge in [0.05, 0.1) is 30.1 Å². The molecule has 10 heteroatoms. The molecule has 3 rings (SSSR count). The summed E-state index contributed by atoms with van der Waals surface area (Å²) in [5.41, 5.74) is 6.43. The van der Waals surface area contributed by atoms with E-state index in [1.54, 1.807) is 32.3 Å². The van der Waals surface area contributed by atoms with Crippen molar-refractivity contribution in [1.29, 1.82) is 0 Å². The van der Waals surface area contributed by atoms with E-state index in [-0.39, 0.29) is 47.9 Å². The molecular weight excluding hydrogens is 390 g/mol. The Morgan fingerprint density at radius 2 is 1.97 bits per heavy atom. The largest absolute Gasteiger partial charge is 0.465 e. The molecule has 0 bridgehead atoms. The van der Waals surface area contributed by atoms with E-state index < -0.39 is 17.6 Å². The lowest BCUT2D eigenvalue weighted by Crippen LogP contribution is -2.29. The van der Waals surface area contributed by atoms with Gasteiger partial charge in [0.2, 0.25) is 5.95 Å². The van der Waals surface area contributed by atoms with Crippen LogP contribution in [-0.2, 0) is 19.1 Å². The highest BCUT2D eigenvalue weighted by Gasteiger charge is 2.42. The molecule has 0 unspecified atom stereocenters. The summed E-state index contributed by atoms with van der Waals surface area (Å²) in [4.78, 5) is 47.1. The molecule has 0 saturated heterocycles. The molecule has 2 heterocycles. The highest BCUT2D eigenvalue weighted by molar-refractivity contribution is 5.73. The molecule has 1 aliphatic rings. The Kier molecular flexibility index (Phi) is 5.95. The number of carbonyl (C=O) groups is 2. The minimum absolute atomic E-state index is 0.0249. The average molecular weight is 417 g/mol. The molecule has 162 valence electrons. The van der Waals surface area contributed by atoms with Gasteiger partial charge >= 0.3 is 11.9 Å². The van der Waals surface area contributed by atoms with Gasteiger partial charge in [-0.25, -0.2) is 4.98 Å². The smallest absolute Gasteiger partial charge is 0.308 e. The van der Waals surface area contributed by atoms with Crippen molar-refractivity contribution in [2.24, 2.45) is 17.8 Å². The van der Waals surface area contributed by atoms with Crippen LogP contribution >= 0.6 is 0 Å². The zero-order chi connectivity index (χ0) is 22.2. The fraction of sp³-hybridized carbons (Fsp3) is 0.550. The van der Waals surface area contributed by atoms with Crippen LogP contribution in [0.5, 0.6) is 0 Å². The molecule has 0 spiro atoms. The number of nitrogens with two attached hydrogens (primary N) is 1. The lowest BCUT2D eigenvalue weighted by atomic mass is 10.0. The van der Waals surface area contributed by atoms with Gasteiger partial charge in [-0.3, -0.25) is 19.4 Å². The number of hydrogen-bond acceptors (Lipinski definition) is 8. The third-order valence-corrected chi connectivity index (χ3v) is 5.21. The molecule has 0 aliphatic heterocycles. The van der Waals surface area contributed by atoms with Crippen LogP contribution in [0.3, 0.4) is 0 Å². The van der Waals surface area contributed by atoms with Crippen molar-refractivity contribution in [3.63, 3.8) is 0 Å². The number of esters is 2. The number of imidazole rings is 1. The minimum Gasteiger partial charge on any atom is -0.465 e. The normalized spacial score (nSPS) is 21.5. The van der Waals surface area contributed by atoms with Crippen LogP contribution in [0.2, 0.25) is 0 Å². The fourth-order valence-electron chi connectivity index (χ4n) is 3.45. The Morgan fingerprint density at radius 1 is 1.30 bits per heavy atom. The number of hydrogen-bond donors (Lipinski definition) is 2. The maximum absolute atomic E-state index is 12.2. The first-order valence-corrected chi connectivity index (χ1v) is 9.88. The summed E-state index contributed by atoms with van der Waals surface area (Å²) < 4.78 is 12.8. The standard InChI is InChI=1S/C20H27N5O5/c1-9(2)18(27)29-7-12-11(5)13(6-14(12)30-19(28)10(3)4)25-8-22-15-16(25)23-20(21)24-17(15)26/h8-10,12-14H,5-7H2,1-4H3,(H3,21,23,24,26)/t12-,13-,14-/m0/s1. The number of nitrogens with one attached hydrogen (secondary N) is 1. The van der Waals surface area contributed by atoms with Crippen LogP contribution in [0.1, 0.15) is 40.2 Å². The molecule has 2 aromatic heterocycles. The SMILES string of the molecule is C=C1[C@H](COC(=O)C(C)C)[C@@H](OC(=O)C(C)C)C[C@@H]1n1cnc2c(=O)[nH]c(N)nc21. The predicted molar refractivity (Wildman–Crippen MR) is 109 cm³/mol. The van der Waals surface area contributed by atoms with E-state index in [0.29, 0.717) is 17.6 Å². The quantitative estimate of drug-likeness (QED) is 0.533. The first kappa shape index (κ1) is 21.5. The first-order chi connectivity index (χ1) is 14.1.